The van der Waals surface area contributed by atoms with E-state index in [2.05, 4.69) is 63.8 Å². The highest BCUT2D eigenvalue weighted by Gasteiger charge is 2.47. The SMILES string of the molecule is NCCCC[C@@H]1NC(=O)CCSCc2cccc(c2)CSC[C@@H](C(N)=O)NC(=O)[C@@H]2CCCN2C(=O)[C@H](CC2CCC(O)CC2)NC(=O)[C@H](CC2CNCN2)NC(=O)[C@H](CC(=O)O)NC(=O)[C@H](CC2CNC3CCC(F)CC23)NC(=O)[C@H](CC2CNC3CCC(F)CC23)NC(=O)CNC1=O. The third-order valence-electron chi connectivity index (χ3n) is 21.4. The quantitative estimate of drug-likeness (QED) is 0.0959. The first-order valence-corrected chi connectivity index (χ1v) is 38.4. The first-order chi connectivity index (χ1) is 48.1. The molecule has 5 heterocycles. The highest BCUT2D eigenvalue weighted by Crippen LogP contribution is 2.40. The van der Waals surface area contributed by atoms with Crippen LogP contribution in [0.5, 0.6) is 0 Å². The van der Waals surface area contributed by atoms with Crippen molar-refractivity contribution in [3.05, 3.63) is 35.4 Å². The molecule has 3 saturated carbocycles. The molecule has 4 saturated heterocycles. The number of hydrogen-bond donors (Lipinski definition) is 16. The molecule has 9 rings (SSSR count). The van der Waals surface area contributed by atoms with Crippen LogP contribution in [0.4, 0.5) is 8.78 Å². The zero-order chi connectivity index (χ0) is 71.4. The van der Waals surface area contributed by atoms with Crippen molar-refractivity contribution in [2.24, 2.45) is 41.1 Å². The predicted molar refractivity (Wildman–Crippen MR) is 370 cm³/mol. The molecule has 1 aromatic carbocycles. The zero-order valence-electron chi connectivity index (χ0n) is 57.0. The summed E-state index contributed by atoms with van der Waals surface area (Å²) < 4.78 is 30.4. The summed E-state index contributed by atoms with van der Waals surface area (Å²) in [5.74, 6) is -9.24. The summed E-state index contributed by atoms with van der Waals surface area (Å²) in [6.45, 7) is 1.18. The van der Waals surface area contributed by atoms with Gasteiger partial charge in [-0.1, -0.05) is 24.3 Å². The van der Waals surface area contributed by atoms with Crippen molar-refractivity contribution < 1.29 is 71.7 Å². The van der Waals surface area contributed by atoms with Crippen molar-refractivity contribution in [1.29, 1.82) is 0 Å². The number of aliphatic hydroxyl groups is 1. The van der Waals surface area contributed by atoms with E-state index >= 15 is 28.0 Å². The van der Waals surface area contributed by atoms with Gasteiger partial charge in [0.2, 0.25) is 59.1 Å². The van der Waals surface area contributed by atoms with E-state index in [-0.39, 0.29) is 106 Å². The lowest BCUT2D eigenvalue weighted by atomic mass is 9.76. The molecular formula is C68H105F2N15O13S2. The van der Waals surface area contributed by atoms with Gasteiger partial charge in [-0.15, -0.1) is 0 Å². The Morgan fingerprint density at radius 1 is 0.610 bits per heavy atom. The molecule has 5 aliphatic heterocycles. The minimum atomic E-state index is -1.90. The van der Waals surface area contributed by atoms with Crippen LogP contribution in [0.15, 0.2) is 24.3 Å². The van der Waals surface area contributed by atoms with Crippen molar-refractivity contribution in [2.45, 2.75) is 231 Å². The van der Waals surface area contributed by atoms with E-state index in [0.717, 1.165) is 11.1 Å². The fraction of sp³-hybridized carbons (Fsp3) is 0.750. The summed E-state index contributed by atoms with van der Waals surface area (Å²) in [4.78, 5) is 159. The highest BCUT2D eigenvalue weighted by atomic mass is 32.2. The first kappa shape index (κ1) is 77.9. The number of nitrogens with two attached hydrogens (primary N) is 2. The van der Waals surface area contributed by atoms with Gasteiger partial charge >= 0.3 is 5.97 Å². The molecule has 556 valence electrons. The second kappa shape index (κ2) is 38.3. The number of nitrogens with zero attached hydrogens (tertiary/aromatic N) is 1. The lowest BCUT2D eigenvalue weighted by Crippen LogP contribution is -2.61. The minimum Gasteiger partial charge on any atom is -0.481 e. The van der Waals surface area contributed by atoms with Crippen LogP contribution in [0.2, 0.25) is 0 Å². The third-order valence-corrected chi connectivity index (χ3v) is 23.5. The van der Waals surface area contributed by atoms with Gasteiger partial charge in [0.15, 0.2) is 0 Å². The molecule has 28 nitrogen and oxygen atoms in total. The van der Waals surface area contributed by atoms with E-state index in [1.807, 2.05) is 24.3 Å². The van der Waals surface area contributed by atoms with E-state index in [4.69, 9.17) is 11.5 Å². The Balaban J connectivity index is 1.02. The maximum Gasteiger partial charge on any atom is 0.305 e. The maximum absolute atomic E-state index is 15.3. The van der Waals surface area contributed by atoms with Gasteiger partial charge in [0, 0.05) is 67.3 Å². The van der Waals surface area contributed by atoms with Crippen LogP contribution >= 0.6 is 23.5 Å². The van der Waals surface area contributed by atoms with E-state index < -0.39 is 157 Å². The number of carboxylic acids is 1. The molecule has 8 aliphatic rings. The van der Waals surface area contributed by atoms with Crippen molar-refractivity contribution in [3.63, 3.8) is 0 Å². The maximum atomic E-state index is 15.3. The number of amides is 10. The molecular weight excluding hydrogens is 1340 g/mol. The van der Waals surface area contributed by atoms with Gasteiger partial charge in [0.25, 0.3) is 0 Å². The first-order valence-electron chi connectivity index (χ1n) is 36.1. The zero-order valence-corrected chi connectivity index (χ0v) is 58.6. The molecule has 17 atom stereocenters. The van der Waals surface area contributed by atoms with E-state index in [1.54, 1.807) is 0 Å². The number of rotatable bonds is 15. The molecule has 18 N–H and O–H groups in total. The number of carbonyl (C=O) groups excluding carboxylic acids is 10. The predicted octanol–water partition coefficient (Wildman–Crippen LogP) is -0.771. The van der Waals surface area contributed by atoms with E-state index in [9.17, 15) is 43.8 Å². The van der Waals surface area contributed by atoms with Gasteiger partial charge in [-0.3, -0.25) is 52.7 Å². The number of thioether (sulfide) groups is 2. The molecule has 1 aromatic rings. The summed E-state index contributed by atoms with van der Waals surface area (Å²) in [6.07, 6.45) is 1.92. The standard InChI is InChI=1S/C68H105F2N15O13S2/c69-42-11-15-48-46(25-42)40(29-74-48)23-51-63(93)80-52(24-41-30-75-49-16-12-43(70)26-47(41)49)64(94)82-54(28-60(89)90)66(96)81-53(27-44-31-73-36-77-44)65(95)83-55(22-37-9-13-45(86)14-10-37)68(98)85-19-4-8-57(85)67(97)84-56(61(72)91)35-100-34-39-6-3-5-38(21-39)33-99-20-17-58(87)78-50(7-1-2-18-71)62(92)76-32-59(88)79-51/h3,5-6,21,37,40-57,73-75,77,86H,1-2,4,7-20,22-36,71H2,(H2,72,91)(H,76,92)(H,78,87)(H,79,88)(H,80,93)(H,81,96)(H,82,94)(H,83,95)(H,84,97)(H,89,90)/t37?,40?,41?,42?,43?,44?,45?,46?,47?,48?,49?,50-,51-,52-,53-,54-,55-,56-,57-/m0/s1. The molecule has 0 aromatic heterocycles. The number of hydrogen-bond acceptors (Lipinski definition) is 19. The van der Waals surface area contributed by atoms with Crippen LogP contribution in [0.3, 0.4) is 0 Å². The van der Waals surface area contributed by atoms with E-state index in [0.29, 0.717) is 121 Å². The Labute approximate surface area is 591 Å². The van der Waals surface area contributed by atoms with Crippen LogP contribution in [-0.2, 0) is 64.2 Å². The largest absolute Gasteiger partial charge is 0.481 e. The number of carbonyl (C=O) groups is 11. The summed E-state index contributed by atoms with van der Waals surface area (Å²) in [5, 5.41) is 56.0. The molecule has 0 spiro atoms. The summed E-state index contributed by atoms with van der Waals surface area (Å²) >= 11 is 2.86. The summed E-state index contributed by atoms with van der Waals surface area (Å²) in [6, 6.07) is -3.75. The Morgan fingerprint density at radius 3 is 1.81 bits per heavy atom. The highest BCUT2D eigenvalue weighted by molar-refractivity contribution is 7.98. The molecule has 9 unspecified atom stereocenters. The molecule has 100 heavy (non-hydrogen) atoms. The van der Waals surface area contributed by atoms with Crippen LogP contribution in [0.1, 0.15) is 146 Å². The number of unbranched alkanes of at least 4 members (excludes halogenated alkanes) is 1. The van der Waals surface area contributed by atoms with Crippen LogP contribution in [-0.4, -0.2) is 223 Å². The molecule has 2 bridgehead atoms. The Kier molecular flexibility index (Phi) is 29.8. The lowest BCUT2D eigenvalue weighted by Gasteiger charge is -2.34. The van der Waals surface area contributed by atoms with Crippen molar-refractivity contribution in [2.75, 3.05) is 57.4 Å². The fourth-order valence-corrected chi connectivity index (χ4v) is 17.9. The van der Waals surface area contributed by atoms with Gasteiger partial charge in [0.1, 0.15) is 60.7 Å². The molecule has 32 heteroatoms. The fourth-order valence-electron chi connectivity index (χ4n) is 16.0. The third kappa shape index (κ3) is 22.9. The topological polar surface area (TPSA) is 428 Å². The number of fused-ring (bicyclic) bond motifs is 5. The monoisotopic (exact) mass is 1440 g/mol. The van der Waals surface area contributed by atoms with Crippen LogP contribution < -0.4 is 75.3 Å². The number of primary amides is 1. The molecule has 0 radical (unpaired) electrons. The molecule has 3 aliphatic carbocycles. The summed E-state index contributed by atoms with van der Waals surface area (Å²) in [5.41, 5.74) is 13.6. The van der Waals surface area contributed by atoms with Gasteiger partial charge in [-0.2, -0.15) is 23.5 Å². The van der Waals surface area contributed by atoms with Gasteiger partial charge in [-0.05, 0) is 182 Å². The normalized spacial score (nSPS) is 34.9. The Hall–Kier alpha value is -6.29. The second-order valence-electron chi connectivity index (χ2n) is 28.7. The Bertz CT molecular complexity index is 3010. The number of benzene rings is 1. The van der Waals surface area contributed by atoms with Crippen molar-refractivity contribution in [1.82, 2.24) is 68.7 Å². The van der Waals surface area contributed by atoms with Crippen molar-refractivity contribution >= 4 is 88.6 Å². The van der Waals surface area contributed by atoms with Crippen LogP contribution in [0, 0.1) is 29.6 Å². The number of carboxylic acid groups (broad SMARTS) is 1. The average molecular weight is 1440 g/mol. The van der Waals surface area contributed by atoms with Crippen LogP contribution in [0.25, 0.3) is 0 Å². The second-order valence-corrected chi connectivity index (χ2v) is 30.9. The number of aliphatic carboxylic acids is 1. The lowest BCUT2D eigenvalue weighted by molar-refractivity contribution is -0.143. The Morgan fingerprint density at radius 2 is 1.20 bits per heavy atom. The van der Waals surface area contributed by atoms with E-state index in [1.165, 1.54) is 28.4 Å². The minimum absolute atomic E-state index is 0.0410. The number of halogens is 2. The van der Waals surface area contributed by atoms with Gasteiger partial charge < -0.3 is 90.4 Å². The average Bonchev–Trinajstić information content (AvgIpc) is 1.64. The molecule has 7 fully saturated rings. The molecule has 10 amide bonds. The number of nitrogens with one attached hydrogen (secondary N) is 12. The van der Waals surface area contributed by atoms with Crippen molar-refractivity contribution in [3.8, 4) is 0 Å². The summed E-state index contributed by atoms with van der Waals surface area (Å²) in [7, 11) is 0. The smallest absolute Gasteiger partial charge is 0.305 e. The number of alkyl halides is 2. The number of aliphatic hydroxyl groups excluding tert-OH is 1. The van der Waals surface area contributed by atoms with Gasteiger partial charge in [-0.25, -0.2) is 8.78 Å². The van der Waals surface area contributed by atoms with Gasteiger partial charge in [0.05, 0.1) is 19.1 Å².